The van der Waals surface area contributed by atoms with Gasteiger partial charge >= 0.3 is 0 Å². The molecule has 0 radical (unpaired) electrons. The second-order valence-electron chi connectivity index (χ2n) is 13.4. The molecule has 0 heteroatoms. The molecule has 0 fully saturated rings. The van der Waals surface area contributed by atoms with Crippen molar-refractivity contribution in [1.29, 1.82) is 0 Å². The summed E-state index contributed by atoms with van der Waals surface area (Å²) in [5, 5.41) is 13.0. The summed E-state index contributed by atoms with van der Waals surface area (Å²) in [6.07, 6.45) is 7.06. The third-order valence-corrected chi connectivity index (χ3v) is 10.7. The largest absolute Gasteiger partial charge is 0.0757 e. The van der Waals surface area contributed by atoms with Gasteiger partial charge in [-0.3, -0.25) is 0 Å². The molecule has 0 N–H and O–H groups in total. The summed E-state index contributed by atoms with van der Waals surface area (Å²) in [5.41, 5.74) is 10.3. The lowest BCUT2D eigenvalue weighted by Gasteiger charge is -2.21. The zero-order valence-corrected chi connectivity index (χ0v) is 27.7. The van der Waals surface area contributed by atoms with Crippen LogP contribution < -0.4 is 10.4 Å². The van der Waals surface area contributed by atoms with Gasteiger partial charge < -0.3 is 0 Å². The van der Waals surface area contributed by atoms with E-state index in [9.17, 15) is 0 Å². The summed E-state index contributed by atoms with van der Waals surface area (Å²) in [7, 11) is 0. The van der Waals surface area contributed by atoms with Gasteiger partial charge in [0.05, 0.1) is 0 Å². The summed E-state index contributed by atoms with van der Waals surface area (Å²) >= 11 is 0. The van der Waals surface area contributed by atoms with E-state index < -0.39 is 0 Å². The Balaban J connectivity index is 1.39. The fourth-order valence-electron chi connectivity index (χ4n) is 8.64. The Labute approximate surface area is 291 Å². The third-order valence-electron chi connectivity index (χ3n) is 10.7. The molecule has 0 saturated heterocycles. The second kappa shape index (κ2) is 11.7. The van der Waals surface area contributed by atoms with Crippen molar-refractivity contribution >= 4 is 55.2 Å². The molecule has 0 saturated carbocycles. The molecule has 234 valence electrons. The summed E-state index contributed by atoms with van der Waals surface area (Å²) in [6.45, 7) is 0. The Kier molecular flexibility index (Phi) is 6.74. The van der Waals surface area contributed by atoms with Gasteiger partial charge in [-0.15, -0.1) is 0 Å². The van der Waals surface area contributed by atoms with Gasteiger partial charge in [0, 0.05) is 0 Å². The highest BCUT2D eigenvalue weighted by Gasteiger charge is 2.21. The lowest BCUT2D eigenvalue weighted by Crippen LogP contribution is -2.31. The Morgan fingerprint density at radius 2 is 0.680 bits per heavy atom. The summed E-state index contributed by atoms with van der Waals surface area (Å²) in [4.78, 5) is 0. The molecule has 10 rings (SSSR count). The highest BCUT2D eigenvalue weighted by atomic mass is 14.2. The Hall–Kier alpha value is -6.24. The van der Waals surface area contributed by atoms with Crippen molar-refractivity contribution in [2.75, 3.05) is 0 Å². The minimum atomic E-state index is 1.05. The topological polar surface area (TPSA) is 0 Å². The standard InChI is InChI=1S/C50H34/c1-4-17-33(18-5-1)46-40-24-11-14-27-43(40)49(44-28-15-12-25-41(44)46)37-29-16-30-38-36(37)31-32-45-47(34-19-6-2-7-20-34)39-23-10-13-26-42(39)48(50(38)45)35-21-8-3-9-22-35/h1-11,13-14,16-32H,12,15H2. The van der Waals surface area contributed by atoms with E-state index in [1.165, 1.54) is 98.0 Å². The molecule has 0 aliphatic heterocycles. The fourth-order valence-corrected chi connectivity index (χ4v) is 8.64. The van der Waals surface area contributed by atoms with Crippen LogP contribution in [-0.2, 0) is 0 Å². The highest BCUT2D eigenvalue weighted by molar-refractivity contribution is 6.29. The van der Waals surface area contributed by atoms with E-state index in [1.54, 1.807) is 0 Å². The van der Waals surface area contributed by atoms with Crippen LogP contribution in [0.2, 0.25) is 0 Å². The Morgan fingerprint density at radius 3 is 1.28 bits per heavy atom. The van der Waals surface area contributed by atoms with Crippen LogP contribution in [0.3, 0.4) is 0 Å². The van der Waals surface area contributed by atoms with Gasteiger partial charge in [0.2, 0.25) is 0 Å². The number of hydrogen-bond acceptors (Lipinski definition) is 0. The molecule has 9 aromatic carbocycles. The maximum Gasteiger partial charge on any atom is -0.00139 e. The average molecular weight is 635 g/mol. The van der Waals surface area contributed by atoms with E-state index in [-0.39, 0.29) is 0 Å². The van der Waals surface area contributed by atoms with E-state index in [0.717, 1.165) is 12.8 Å². The summed E-state index contributed by atoms with van der Waals surface area (Å²) in [5.74, 6) is 0. The van der Waals surface area contributed by atoms with Gasteiger partial charge in [-0.25, -0.2) is 0 Å². The van der Waals surface area contributed by atoms with Crippen molar-refractivity contribution in [2.24, 2.45) is 0 Å². The molecule has 0 atom stereocenters. The van der Waals surface area contributed by atoms with E-state index in [0.29, 0.717) is 0 Å². The lowest BCUT2D eigenvalue weighted by molar-refractivity contribution is 1.12. The van der Waals surface area contributed by atoms with Crippen LogP contribution in [0.25, 0.3) is 99.7 Å². The molecular weight excluding hydrogens is 601 g/mol. The van der Waals surface area contributed by atoms with Gasteiger partial charge in [0.15, 0.2) is 0 Å². The van der Waals surface area contributed by atoms with Gasteiger partial charge in [-0.1, -0.05) is 182 Å². The molecule has 50 heavy (non-hydrogen) atoms. The fraction of sp³-hybridized carbons (Fsp3) is 0.0400. The first-order valence-electron chi connectivity index (χ1n) is 17.7. The van der Waals surface area contributed by atoms with Crippen LogP contribution in [0.1, 0.15) is 12.8 Å². The molecule has 0 amide bonds. The normalized spacial score (nSPS) is 12.6. The van der Waals surface area contributed by atoms with E-state index in [1.807, 2.05) is 0 Å². The second-order valence-corrected chi connectivity index (χ2v) is 13.4. The predicted octanol–water partition coefficient (Wildman–Crippen LogP) is 12.3. The average Bonchev–Trinajstić information content (AvgIpc) is 3.19. The van der Waals surface area contributed by atoms with Crippen molar-refractivity contribution in [2.45, 2.75) is 12.8 Å². The van der Waals surface area contributed by atoms with Crippen molar-refractivity contribution in [3.8, 4) is 44.5 Å². The lowest BCUT2D eigenvalue weighted by atomic mass is 9.82. The van der Waals surface area contributed by atoms with Crippen molar-refractivity contribution in [1.82, 2.24) is 0 Å². The molecule has 0 bridgehead atoms. The first-order valence-corrected chi connectivity index (χ1v) is 17.7. The number of rotatable bonds is 4. The summed E-state index contributed by atoms with van der Waals surface area (Å²) in [6, 6.07) is 62.6. The maximum absolute atomic E-state index is 2.49. The highest BCUT2D eigenvalue weighted by Crippen LogP contribution is 2.47. The van der Waals surface area contributed by atoms with Crippen LogP contribution in [0, 0.1) is 0 Å². The molecule has 0 nitrogen and oxygen atoms in total. The first kappa shape index (κ1) is 28.7. The van der Waals surface area contributed by atoms with Crippen LogP contribution in [0.15, 0.2) is 170 Å². The molecule has 1 aliphatic carbocycles. The van der Waals surface area contributed by atoms with Crippen LogP contribution in [-0.4, -0.2) is 0 Å². The summed E-state index contributed by atoms with van der Waals surface area (Å²) < 4.78 is 0. The molecule has 0 spiro atoms. The molecule has 0 unspecified atom stereocenters. The van der Waals surface area contributed by atoms with Gasteiger partial charge in [0.1, 0.15) is 0 Å². The van der Waals surface area contributed by atoms with Gasteiger partial charge in [-0.05, 0) is 111 Å². The maximum atomic E-state index is 2.49. The van der Waals surface area contributed by atoms with Crippen molar-refractivity contribution in [3.63, 3.8) is 0 Å². The Morgan fingerprint density at radius 1 is 0.260 bits per heavy atom. The predicted molar refractivity (Wildman–Crippen MR) is 216 cm³/mol. The minimum absolute atomic E-state index is 1.05. The van der Waals surface area contributed by atoms with E-state index in [2.05, 4.69) is 182 Å². The van der Waals surface area contributed by atoms with E-state index >= 15 is 0 Å². The van der Waals surface area contributed by atoms with Crippen molar-refractivity contribution < 1.29 is 0 Å². The van der Waals surface area contributed by atoms with Gasteiger partial charge in [-0.2, -0.15) is 0 Å². The Bertz CT molecular complexity index is 2880. The number of hydrogen-bond donors (Lipinski definition) is 0. The zero-order valence-electron chi connectivity index (χ0n) is 27.7. The molecule has 0 aromatic heterocycles. The van der Waals surface area contributed by atoms with E-state index in [4.69, 9.17) is 0 Å². The molecular formula is C50H34. The van der Waals surface area contributed by atoms with Crippen molar-refractivity contribution in [3.05, 3.63) is 180 Å². The van der Waals surface area contributed by atoms with Crippen LogP contribution in [0.4, 0.5) is 0 Å². The first-order chi connectivity index (χ1) is 24.9. The molecule has 9 aromatic rings. The van der Waals surface area contributed by atoms with Gasteiger partial charge in [0.25, 0.3) is 0 Å². The zero-order chi connectivity index (χ0) is 33.0. The van der Waals surface area contributed by atoms with Crippen LogP contribution in [0.5, 0.6) is 0 Å². The number of benzene rings is 9. The number of fused-ring (bicyclic) bond motifs is 6. The molecule has 1 aliphatic rings. The molecule has 0 heterocycles. The minimum Gasteiger partial charge on any atom is -0.0757 e. The third kappa shape index (κ3) is 4.39. The SMILES string of the molecule is C1=c2c(-c3ccccc3)c3ccccc3c(-c3cccc4c3ccc3c(-c5ccccc5)c5ccccc5c(-c5ccccc5)c34)c2=CCC1. The monoisotopic (exact) mass is 634 g/mol. The smallest absolute Gasteiger partial charge is 0.00139 e. The quantitative estimate of drug-likeness (QED) is 0.133. The van der Waals surface area contributed by atoms with Crippen LogP contribution >= 0.6 is 0 Å².